The molecule has 1 atom stereocenters. The number of benzene rings is 1. The van der Waals surface area contributed by atoms with Crippen LogP contribution in [0.4, 0.5) is 0 Å². The molecule has 0 fully saturated rings. The molecule has 3 rings (SSSR count). The maximum atomic E-state index is 10.0. The smallest absolute Gasteiger partial charge is 0.185 e. The van der Waals surface area contributed by atoms with E-state index < -0.39 is 11.0 Å². The summed E-state index contributed by atoms with van der Waals surface area (Å²) in [4.78, 5) is 0. The van der Waals surface area contributed by atoms with E-state index in [1.54, 1.807) is 0 Å². The van der Waals surface area contributed by atoms with Gasteiger partial charge in [-0.25, -0.2) is 4.21 Å². The summed E-state index contributed by atoms with van der Waals surface area (Å²) in [6.07, 6.45) is 2.60. The number of rotatable bonds is 0. The maximum absolute atomic E-state index is 10.0. The second-order valence-corrected chi connectivity index (χ2v) is 4.44. The van der Waals surface area contributed by atoms with Crippen molar-refractivity contribution in [3.63, 3.8) is 0 Å². The molecule has 2 aliphatic rings. The molecular formula is C11H13N3OS. The standard InChI is InChI=1S/C9H11N.C2H2N2OS/c1-2-4-9-7-10-6-5-8(9)3-1;5-6-2-1-3-4-6/h1-4,10H,5-7H2;1-2H. The number of nitrogens with zero attached hydrogens (tertiary/aromatic N) is 2. The van der Waals surface area contributed by atoms with E-state index in [0.717, 1.165) is 13.1 Å². The van der Waals surface area contributed by atoms with Crippen LogP contribution in [0, 0.1) is 0 Å². The normalized spacial score (nSPS) is 21.1. The van der Waals surface area contributed by atoms with Crippen molar-refractivity contribution >= 4 is 11.0 Å². The van der Waals surface area contributed by atoms with Crippen molar-refractivity contribution in [2.24, 2.45) is 9.63 Å². The molecule has 0 spiro atoms. The fourth-order valence-corrected chi connectivity index (χ4v) is 1.96. The molecule has 1 unspecified atom stereocenters. The van der Waals surface area contributed by atoms with Crippen molar-refractivity contribution in [2.45, 2.75) is 13.0 Å². The van der Waals surface area contributed by atoms with Gasteiger partial charge in [-0.3, -0.25) is 0 Å². The van der Waals surface area contributed by atoms with Gasteiger partial charge in [-0.15, -0.1) is 5.11 Å². The van der Waals surface area contributed by atoms with Gasteiger partial charge in [0.15, 0.2) is 11.0 Å². The number of nitrogens with one attached hydrogen (secondary N) is 1. The Morgan fingerprint density at radius 2 is 2.06 bits per heavy atom. The van der Waals surface area contributed by atoms with Gasteiger partial charge in [0.25, 0.3) is 0 Å². The van der Waals surface area contributed by atoms with E-state index in [0.29, 0.717) is 0 Å². The summed E-state index contributed by atoms with van der Waals surface area (Å²) in [5.41, 5.74) is 2.98. The first kappa shape index (κ1) is 11.2. The van der Waals surface area contributed by atoms with Crippen molar-refractivity contribution in [2.75, 3.05) is 6.54 Å². The predicted molar refractivity (Wildman–Crippen MR) is 64.0 cm³/mol. The average Bonchev–Trinajstić information content (AvgIpc) is 2.81. The monoisotopic (exact) mass is 235 g/mol. The summed E-state index contributed by atoms with van der Waals surface area (Å²) in [7, 11) is -1.15. The van der Waals surface area contributed by atoms with E-state index in [-0.39, 0.29) is 0 Å². The Balaban J connectivity index is 0.000000138. The van der Waals surface area contributed by atoms with E-state index in [4.69, 9.17) is 0 Å². The second kappa shape index (κ2) is 5.67. The minimum absolute atomic E-state index is 1.05. The van der Waals surface area contributed by atoms with E-state index in [1.807, 2.05) is 0 Å². The second-order valence-electron chi connectivity index (χ2n) is 3.45. The molecule has 0 bridgehead atoms. The summed E-state index contributed by atoms with van der Waals surface area (Å²) >= 11 is 0. The lowest BCUT2D eigenvalue weighted by Gasteiger charge is -2.15. The summed E-state index contributed by atoms with van der Waals surface area (Å²) in [5, 5.41) is 8.07. The van der Waals surface area contributed by atoms with Crippen molar-refractivity contribution in [3.8, 4) is 0 Å². The molecule has 4 nitrogen and oxygen atoms in total. The van der Waals surface area contributed by atoms with Crippen LogP contribution < -0.4 is 5.32 Å². The lowest BCUT2D eigenvalue weighted by atomic mass is 10.0. The highest BCUT2D eigenvalue weighted by atomic mass is 32.2. The quantitative estimate of drug-likeness (QED) is 0.747. The Kier molecular flexibility index (Phi) is 3.96. The third kappa shape index (κ3) is 3.08. The zero-order valence-corrected chi connectivity index (χ0v) is 9.61. The third-order valence-electron chi connectivity index (χ3n) is 2.38. The van der Waals surface area contributed by atoms with Gasteiger partial charge < -0.3 is 5.32 Å². The lowest BCUT2D eigenvalue weighted by molar-refractivity contribution is 0.644. The van der Waals surface area contributed by atoms with Crippen LogP contribution in [0.25, 0.3) is 0 Å². The van der Waals surface area contributed by atoms with Crippen molar-refractivity contribution in [1.82, 2.24) is 5.32 Å². The van der Waals surface area contributed by atoms with Gasteiger partial charge >= 0.3 is 0 Å². The Morgan fingerprint density at radius 1 is 1.25 bits per heavy atom. The molecule has 5 heteroatoms. The molecule has 1 N–H and O–H groups in total. The van der Waals surface area contributed by atoms with Crippen LogP contribution >= 0.6 is 0 Å². The van der Waals surface area contributed by atoms with Crippen LogP contribution in [0.2, 0.25) is 0 Å². The molecule has 0 aliphatic carbocycles. The topological polar surface area (TPSA) is 53.8 Å². The van der Waals surface area contributed by atoms with E-state index >= 15 is 0 Å². The molecule has 1 aromatic carbocycles. The highest BCUT2D eigenvalue weighted by Gasteiger charge is 2.05. The molecule has 1 aromatic rings. The molecule has 84 valence electrons. The highest BCUT2D eigenvalue weighted by molar-refractivity contribution is 7.86. The Morgan fingerprint density at radius 3 is 2.62 bits per heavy atom. The molecule has 0 saturated heterocycles. The minimum atomic E-state index is -1.15. The molecular weight excluding hydrogens is 222 g/mol. The Labute approximate surface area is 97.1 Å². The largest absolute Gasteiger partial charge is 0.312 e. The first-order valence-corrected chi connectivity index (χ1v) is 6.29. The van der Waals surface area contributed by atoms with Gasteiger partial charge in [-0.05, 0) is 24.1 Å². The molecule has 0 radical (unpaired) electrons. The molecule has 0 amide bonds. The summed E-state index contributed by atoms with van der Waals surface area (Å²) in [6.45, 7) is 2.19. The lowest BCUT2D eigenvalue weighted by Crippen LogP contribution is -2.23. The summed E-state index contributed by atoms with van der Waals surface area (Å²) in [5.74, 6) is 0. The van der Waals surface area contributed by atoms with Crippen LogP contribution in [0.15, 0.2) is 45.5 Å². The van der Waals surface area contributed by atoms with Crippen molar-refractivity contribution in [1.29, 1.82) is 0 Å². The number of hydrogen-bond donors (Lipinski definition) is 1. The molecule has 0 aromatic heterocycles. The number of fused-ring (bicyclic) bond motifs is 1. The SMILES string of the molecule is O=S1C=CN=N1.c1ccc2c(c1)CCNC2. The van der Waals surface area contributed by atoms with E-state index in [9.17, 15) is 4.21 Å². The molecule has 0 saturated carbocycles. The number of hydrogen-bond acceptors (Lipinski definition) is 3. The van der Waals surface area contributed by atoms with Gasteiger partial charge in [0, 0.05) is 12.0 Å². The van der Waals surface area contributed by atoms with E-state index in [1.165, 1.54) is 29.2 Å². The Bertz CT molecular complexity index is 404. The van der Waals surface area contributed by atoms with Crippen LogP contribution in [0.5, 0.6) is 0 Å². The van der Waals surface area contributed by atoms with Gasteiger partial charge in [0.05, 0.1) is 6.20 Å². The van der Waals surface area contributed by atoms with Crippen LogP contribution in [-0.2, 0) is 24.0 Å². The van der Waals surface area contributed by atoms with Crippen molar-refractivity contribution < 1.29 is 4.21 Å². The third-order valence-corrected chi connectivity index (χ3v) is 2.99. The zero-order valence-electron chi connectivity index (χ0n) is 8.80. The first-order valence-electron chi connectivity index (χ1n) is 5.12. The minimum Gasteiger partial charge on any atom is -0.312 e. The molecule has 2 aliphatic heterocycles. The van der Waals surface area contributed by atoms with E-state index in [2.05, 4.69) is 39.2 Å². The van der Waals surface area contributed by atoms with Gasteiger partial charge in [0.2, 0.25) is 0 Å². The average molecular weight is 235 g/mol. The van der Waals surface area contributed by atoms with Crippen LogP contribution in [-0.4, -0.2) is 10.8 Å². The summed E-state index contributed by atoms with van der Waals surface area (Å²) in [6, 6.07) is 8.63. The van der Waals surface area contributed by atoms with Crippen molar-refractivity contribution in [3.05, 3.63) is 47.0 Å². The molecule has 2 heterocycles. The maximum Gasteiger partial charge on any atom is 0.185 e. The van der Waals surface area contributed by atoms with Gasteiger partial charge in [0.1, 0.15) is 0 Å². The summed E-state index contributed by atoms with van der Waals surface area (Å²) < 4.78 is 13.2. The van der Waals surface area contributed by atoms with Gasteiger partial charge in [-0.1, -0.05) is 28.8 Å². The fourth-order valence-electron chi connectivity index (χ4n) is 1.60. The van der Waals surface area contributed by atoms with Crippen LogP contribution in [0.3, 0.4) is 0 Å². The molecule has 16 heavy (non-hydrogen) atoms. The predicted octanol–water partition coefficient (Wildman–Crippen LogP) is 1.92. The van der Waals surface area contributed by atoms with Crippen LogP contribution in [0.1, 0.15) is 11.1 Å². The van der Waals surface area contributed by atoms with Gasteiger partial charge in [-0.2, -0.15) is 0 Å². The zero-order chi connectivity index (χ0) is 11.2. The highest BCUT2D eigenvalue weighted by Crippen LogP contribution is 2.11. The Hall–Kier alpha value is -1.33. The first-order chi connectivity index (χ1) is 7.86. The fraction of sp³-hybridized carbons (Fsp3) is 0.273.